The second-order valence-electron chi connectivity index (χ2n) is 4.89. The number of fused-ring (bicyclic) bond motifs is 1. The van der Waals surface area contributed by atoms with Gasteiger partial charge in [0.2, 0.25) is 0 Å². The Morgan fingerprint density at radius 2 is 2.00 bits per heavy atom. The summed E-state index contributed by atoms with van der Waals surface area (Å²) in [5.41, 5.74) is 1.90. The minimum atomic E-state index is 0.712. The third-order valence-corrected chi connectivity index (χ3v) is 3.41. The Bertz CT molecular complexity index is 534. The third kappa shape index (κ3) is 2.66. The van der Waals surface area contributed by atoms with Crippen LogP contribution in [0.25, 0.3) is 11.0 Å². The predicted octanol–water partition coefficient (Wildman–Crippen LogP) is 1.87. The lowest BCUT2D eigenvalue weighted by molar-refractivity contribution is 0.356. The van der Waals surface area contributed by atoms with Gasteiger partial charge in [-0.25, -0.2) is 4.98 Å². The summed E-state index contributed by atoms with van der Waals surface area (Å²) in [6.45, 7) is 0.971. The van der Waals surface area contributed by atoms with Gasteiger partial charge >= 0.3 is 0 Å². The number of imidazole rings is 1. The van der Waals surface area contributed by atoms with E-state index >= 15 is 0 Å². The number of methoxy groups -OCH3 is 2. The molecule has 0 aliphatic heterocycles. The molecule has 3 rings (SSSR count). The lowest BCUT2D eigenvalue weighted by Crippen LogP contribution is -2.19. The first kappa shape index (κ1) is 12.3. The maximum atomic E-state index is 5.29. The van der Waals surface area contributed by atoms with Gasteiger partial charge in [-0.2, -0.15) is 0 Å². The van der Waals surface area contributed by atoms with Crippen molar-refractivity contribution in [2.45, 2.75) is 25.3 Å². The average molecular weight is 261 g/mol. The van der Waals surface area contributed by atoms with Crippen LogP contribution >= 0.6 is 0 Å². The molecule has 102 valence electrons. The molecule has 2 aromatic rings. The lowest BCUT2D eigenvalue weighted by Gasteiger charge is -2.06. The molecule has 0 saturated heterocycles. The van der Waals surface area contributed by atoms with E-state index in [1.54, 1.807) is 14.2 Å². The van der Waals surface area contributed by atoms with E-state index in [0.717, 1.165) is 41.6 Å². The highest BCUT2D eigenvalue weighted by molar-refractivity contribution is 5.79. The molecule has 0 spiro atoms. The van der Waals surface area contributed by atoms with Gasteiger partial charge in [-0.15, -0.1) is 0 Å². The molecule has 5 nitrogen and oxygen atoms in total. The first-order chi connectivity index (χ1) is 9.30. The van der Waals surface area contributed by atoms with Crippen LogP contribution in [0.5, 0.6) is 11.5 Å². The molecule has 1 aliphatic rings. The van der Waals surface area contributed by atoms with E-state index in [9.17, 15) is 0 Å². The zero-order valence-electron chi connectivity index (χ0n) is 11.3. The third-order valence-electron chi connectivity index (χ3n) is 3.41. The summed E-state index contributed by atoms with van der Waals surface area (Å²) in [7, 11) is 3.28. The van der Waals surface area contributed by atoms with Crippen molar-refractivity contribution in [3.8, 4) is 11.5 Å². The van der Waals surface area contributed by atoms with E-state index in [0.29, 0.717) is 5.75 Å². The van der Waals surface area contributed by atoms with Crippen LogP contribution in [0, 0.1) is 0 Å². The Kier molecular flexibility index (Phi) is 3.29. The number of rotatable bonds is 6. The Hall–Kier alpha value is -1.75. The highest BCUT2D eigenvalue weighted by Crippen LogP contribution is 2.31. The Morgan fingerprint density at radius 3 is 2.68 bits per heavy atom. The van der Waals surface area contributed by atoms with E-state index in [-0.39, 0.29) is 0 Å². The van der Waals surface area contributed by atoms with E-state index in [1.807, 2.05) is 12.1 Å². The molecule has 0 radical (unpaired) electrons. The minimum Gasteiger partial charge on any atom is -0.493 e. The second-order valence-corrected chi connectivity index (χ2v) is 4.89. The quantitative estimate of drug-likeness (QED) is 0.833. The van der Waals surface area contributed by atoms with E-state index < -0.39 is 0 Å². The van der Waals surface area contributed by atoms with Crippen LogP contribution in [-0.2, 0) is 6.42 Å². The molecular formula is C14H19N3O2. The number of aromatic nitrogens is 2. The van der Waals surface area contributed by atoms with E-state index in [2.05, 4.69) is 15.3 Å². The number of nitrogens with one attached hydrogen (secondary N) is 2. The summed E-state index contributed by atoms with van der Waals surface area (Å²) in [6.07, 6.45) is 3.54. The van der Waals surface area contributed by atoms with Crippen molar-refractivity contribution < 1.29 is 9.47 Å². The average Bonchev–Trinajstić information content (AvgIpc) is 3.16. The second kappa shape index (κ2) is 5.09. The van der Waals surface area contributed by atoms with Crippen LogP contribution in [-0.4, -0.2) is 36.8 Å². The summed E-state index contributed by atoms with van der Waals surface area (Å²) in [6, 6.07) is 4.58. The van der Waals surface area contributed by atoms with Crippen molar-refractivity contribution in [1.29, 1.82) is 0 Å². The van der Waals surface area contributed by atoms with Gasteiger partial charge < -0.3 is 19.8 Å². The van der Waals surface area contributed by atoms with Crippen LogP contribution in [0.15, 0.2) is 12.1 Å². The topological polar surface area (TPSA) is 59.2 Å². The van der Waals surface area contributed by atoms with Gasteiger partial charge in [0, 0.05) is 31.1 Å². The fourth-order valence-corrected chi connectivity index (χ4v) is 2.19. The predicted molar refractivity (Wildman–Crippen MR) is 73.9 cm³/mol. The lowest BCUT2D eigenvalue weighted by atomic mass is 10.3. The normalized spacial score (nSPS) is 14.8. The van der Waals surface area contributed by atoms with Gasteiger partial charge in [0.15, 0.2) is 11.5 Å². The molecule has 1 aromatic carbocycles. The SMILES string of the molecule is COc1cc2nc(CCNC3CC3)[nH]c2cc1OC. The number of hydrogen-bond donors (Lipinski definition) is 2. The number of H-pyrrole nitrogens is 1. The first-order valence-corrected chi connectivity index (χ1v) is 6.64. The van der Waals surface area contributed by atoms with Crippen LogP contribution in [0.1, 0.15) is 18.7 Å². The maximum Gasteiger partial charge on any atom is 0.163 e. The van der Waals surface area contributed by atoms with Gasteiger partial charge in [0.05, 0.1) is 25.3 Å². The van der Waals surface area contributed by atoms with Crippen LogP contribution in [0.3, 0.4) is 0 Å². The van der Waals surface area contributed by atoms with Crippen molar-refractivity contribution in [1.82, 2.24) is 15.3 Å². The molecule has 0 bridgehead atoms. The number of aromatic amines is 1. The van der Waals surface area contributed by atoms with Crippen LogP contribution in [0.4, 0.5) is 0 Å². The Labute approximate surface area is 112 Å². The summed E-state index contributed by atoms with van der Waals surface area (Å²) in [5, 5.41) is 3.49. The maximum absolute atomic E-state index is 5.29. The monoisotopic (exact) mass is 261 g/mol. The summed E-state index contributed by atoms with van der Waals surface area (Å²) in [5.74, 6) is 2.43. The molecule has 2 N–H and O–H groups in total. The molecule has 19 heavy (non-hydrogen) atoms. The summed E-state index contributed by atoms with van der Waals surface area (Å²) >= 11 is 0. The molecule has 1 fully saturated rings. The molecule has 1 saturated carbocycles. The summed E-state index contributed by atoms with van der Waals surface area (Å²) < 4.78 is 10.6. The minimum absolute atomic E-state index is 0.712. The van der Waals surface area contributed by atoms with Gasteiger partial charge in [-0.3, -0.25) is 0 Å². The molecule has 0 unspecified atom stereocenters. The van der Waals surface area contributed by atoms with Gasteiger partial charge in [0.25, 0.3) is 0 Å². The number of hydrogen-bond acceptors (Lipinski definition) is 4. The van der Waals surface area contributed by atoms with E-state index in [1.165, 1.54) is 12.8 Å². The molecule has 0 atom stereocenters. The zero-order chi connectivity index (χ0) is 13.2. The Morgan fingerprint density at radius 1 is 1.26 bits per heavy atom. The van der Waals surface area contributed by atoms with Crippen LogP contribution in [0.2, 0.25) is 0 Å². The van der Waals surface area contributed by atoms with Crippen molar-refractivity contribution in [3.05, 3.63) is 18.0 Å². The molecule has 5 heteroatoms. The molecule has 1 aliphatic carbocycles. The van der Waals surface area contributed by atoms with Gasteiger partial charge in [-0.05, 0) is 12.8 Å². The number of nitrogens with zero attached hydrogens (tertiary/aromatic N) is 1. The van der Waals surface area contributed by atoms with Crippen LogP contribution < -0.4 is 14.8 Å². The number of ether oxygens (including phenoxy) is 2. The zero-order valence-corrected chi connectivity index (χ0v) is 11.3. The molecule has 1 heterocycles. The first-order valence-electron chi connectivity index (χ1n) is 6.64. The smallest absolute Gasteiger partial charge is 0.163 e. The standard InChI is InChI=1S/C14H19N3O2/c1-18-12-7-10-11(8-13(12)19-2)17-14(16-10)5-6-15-9-3-4-9/h7-9,15H,3-6H2,1-2H3,(H,16,17). The highest BCUT2D eigenvalue weighted by Gasteiger charge is 2.19. The molecular weight excluding hydrogens is 242 g/mol. The van der Waals surface area contributed by atoms with Crippen molar-refractivity contribution in [2.75, 3.05) is 20.8 Å². The van der Waals surface area contributed by atoms with Crippen molar-refractivity contribution in [3.63, 3.8) is 0 Å². The largest absolute Gasteiger partial charge is 0.493 e. The van der Waals surface area contributed by atoms with Crippen molar-refractivity contribution in [2.24, 2.45) is 0 Å². The fraction of sp³-hybridized carbons (Fsp3) is 0.500. The van der Waals surface area contributed by atoms with Crippen molar-refractivity contribution >= 4 is 11.0 Å². The highest BCUT2D eigenvalue weighted by atomic mass is 16.5. The fourth-order valence-electron chi connectivity index (χ4n) is 2.19. The number of benzene rings is 1. The van der Waals surface area contributed by atoms with E-state index in [4.69, 9.17) is 9.47 Å². The molecule has 1 aromatic heterocycles. The van der Waals surface area contributed by atoms with Gasteiger partial charge in [0.1, 0.15) is 5.82 Å². The summed E-state index contributed by atoms with van der Waals surface area (Å²) in [4.78, 5) is 7.91. The van der Waals surface area contributed by atoms with Gasteiger partial charge in [-0.1, -0.05) is 0 Å². The molecule has 0 amide bonds. The Balaban J connectivity index is 1.78.